The molecule has 1 N–H and O–H groups in total. The Morgan fingerprint density at radius 2 is 2.00 bits per heavy atom. The van der Waals surface area contributed by atoms with Gasteiger partial charge in [-0.3, -0.25) is 4.79 Å². The van der Waals surface area contributed by atoms with Gasteiger partial charge in [-0.25, -0.2) is 4.79 Å². The van der Waals surface area contributed by atoms with Crippen LogP contribution in [-0.2, 0) is 9.53 Å². The van der Waals surface area contributed by atoms with E-state index in [1.54, 1.807) is 0 Å². The predicted molar refractivity (Wildman–Crippen MR) is 80.6 cm³/mol. The number of amides is 2. The van der Waals surface area contributed by atoms with E-state index in [-0.39, 0.29) is 17.6 Å². The monoisotopic (exact) mass is 310 g/mol. The second kappa shape index (κ2) is 6.07. The summed E-state index contributed by atoms with van der Waals surface area (Å²) in [5.74, 6) is 0.823. The average molecular weight is 310 g/mol. The first kappa shape index (κ1) is 15.6. The molecule has 6 heteroatoms. The molecule has 0 radical (unpaired) electrons. The number of likely N-dealkylation sites (tertiary alicyclic amines) is 1. The molecule has 3 fully saturated rings. The summed E-state index contributed by atoms with van der Waals surface area (Å²) >= 11 is 0. The summed E-state index contributed by atoms with van der Waals surface area (Å²) in [4.78, 5) is 26.6. The summed E-state index contributed by atoms with van der Waals surface area (Å²) in [6.07, 6.45) is 5.78. The van der Waals surface area contributed by atoms with Crippen molar-refractivity contribution in [2.75, 3.05) is 26.7 Å². The van der Waals surface area contributed by atoms with Gasteiger partial charge in [0.2, 0.25) is 5.91 Å². The zero-order valence-corrected chi connectivity index (χ0v) is 13.3. The van der Waals surface area contributed by atoms with Crippen LogP contribution in [0.3, 0.4) is 0 Å². The molecule has 1 saturated carbocycles. The van der Waals surface area contributed by atoms with Crippen LogP contribution in [-0.4, -0.2) is 65.3 Å². The summed E-state index contributed by atoms with van der Waals surface area (Å²) in [6, 6.07) is 0.143. The minimum Gasteiger partial charge on any atom is -0.465 e. The third-order valence-corrected chi connectivity index (χ3v) is 5.76. The molecule has 124 valence electrons. The molecular formula is C16H26N2O4. The van der Waals surface area contributed by atoms with Crippen LogP contribution < -0.4 is 0 Å². The minimum absolute atomic E-state index is 0.143. The molecule has 1 spiro atoms. The molecule has 0 unspecified atom stereocenters. The Morgan fingerprint density at radius 3 is 2.55 bits per heavy atom. The van der Waals surface area contributed by atoms with Crippen molar-refractivity contribution in [3.05, 3.63) is 0 Å². The maximum Gasteiger partial charge on any atom is 0.407 e. The van der Waals surface area contributed by atoms with Crippen molar-refractivity contribution >= 4 is 12.0 Å². The van der Waals surface area contributed by atoms with Crippen molar-refractivity contribution < 1.29 is 19.4 Å². The number of rotatable bonds is 3. The molecule has 3 rings (SSSR count). The molecule has 2 aliphatic heterocycles. The fraction of sp³-hybridized carbons (Fsp3) is 0.875. The van der Waals surface area contributed by atoms with Crippen molar-refractivity contribution in [3.63, 3.8) is 0 Å². The normalized spacial score (nSPS) is 27.7. The molecule has 1 atom stereocenters. The van der Waals surface area contributed by atoms with Gasteiger partial charge < -0.3 is 19.6 Å². The Balaban J connectivity index is 1.51. The van der Waals surface area contributed by atoms with Crippen molar-refractivity contribution in [3.8, 4) is 0 Å². The van der Waals surface area contributed by atoms with E-state index in [1.807, 2.05) is 11.9 Å². The topological polar surface area (TPSA) is 70.1 Å². The van der Waals surface area contributed by atoms with Crippen molar-refractivity contribution in [1.82, 2.24) is 9.80 Å². The van der Waals surface area contributed by atoms with Crippen molar-refractivity contribution in [2.45, 2.75) is 56.6 Å². The smallest absolute Gasteiger partial charge is 0.407 e. The molecule has 0 bridgehead atoms. The Labute approximate surface area is 131 Å². The van der Waals surface area contributed by atoms with Crippen LogP contribution in [0.25, 0.3) is 0 Å². The molecule has 2 heterocycles. The molecular weight excluding hydrogens is 284 g/mol. The first-order chi connectivity index (χ1) is 10.5. The zero-order valence-electron chi connectivity index (χ0n) is 13.3. The number of hydrogen-bond donors (Lipinski definition) is 1. The van der Waals surface area contributed by atoms with Gasteiger partial charge in [0.15, 0.2) is 0 Å². The lowest BCUT2D eigenvalue weighted by molar-refractivity contribution is -0.133. The summed E-state index contributed by atoms with van der Waals surface area (Å²) in [7, 11) is 1.89. The van der Waals surface area contributed by atoms with Crippen LogP contribution in [0.5, 0.6) is 0 Å². The van der Waals surface area contributed by atoms with Gasteiger partial charge in [0.05, 0.1) is 18.2 Å². The highest BCUT2D eigenvalue weighted by Crippen LogP contribution is 2.38. The van der Waals surface area contributed by atoms with Gasteiger partial charge >= 0.3 is 6.09 Å². The Bertz CT molecular complexity index is 441. The van der Waals surface area contributed by atoms with E-state index >= 15 is 0 Å². The molecule has 0 aromatic heterocycles. The maximum absolute atomic E-state index is 12.3. The molecule has 2 amide bonds. The lowest BCUT2D eigenvalue weighted by Gasteiger charge is -2.37. The van der Waals surface area contributed by atoms with Gasteiger partial charge in [-0.1, -0.05) is 6.42 Å². The fourth-order valence-electron chi connectivity index (χ4n) is 3.81. The Hall–Kier alpha value is -1.30. The van der Waals surface area contributed by atoms with Crippen LogP contribution in [0.1, 0.15) is 44.9 Å². The summed E-state index contributed by atoms with van der Waals surface area (Å²) in [6.45, 7) is 1.64. The predicted octanol–water partition coefficient (Wildman–Crippen LogP) is 1.94. The molecule has 3 aliphatic rings. The number of piperidine rings is 1. The zero-order chi connectivity index (χ0) is 15.7. The maximum atomic E-state index is 12.3. The van der Waals surface area contributed by atoms with E-state index in [4.69, 9.17) is 9.84 Å². The summed E-state index contributed by atoms with van der Waals surface area (Å²) in [5, 5.41) is 9.03. The first-order valence-electron chi connectivity index (χ1n) is 8.37. The Kier molecular flexibility index (Phi) is 4.30. The average Bonchev–Trinajstić information content (AvgIpc) is 2.86. The number of carboxylic acid groups (broad SMARTS) is 1. The second-order valence-corrected chi connectivity index (χ2v) is 7.13. The molecule has 22 heavy (non-hydrogen) atoms. The third-order valence-electron chi connectivity index (χ3n) is 5.76. The van der Waals surface area contributed by atoms with E-state index in [0.717, 1.165) is 19.3 Å². The van der Waals surface area contributed by atoms with E-state index in [0.29, 0.717) is 32.0 Å². The lowest BCUT2D eigenvalue weighted by atomic mass is 9.82. The second-order valence-electron chi connectivity index (χ2n) is 7.13. The van der Waals surface area contributed by atoms with E-state index in [1.165, 1.54) is 24.2 Å². The molecule has 2 saturated heterocycles. The van der Waals surface area contributed by atoms with E-state index < -0.39 is 6.09 Å². The van der Waals surface area contributed by atoms with Gasteiger partial charge in [-0.2, -0.15) is 0 Å². The first-order valence-corrected chi connectivity index (χ1v) is 8.37. The van der Waals surface area contributed by atoms with Crippen molar-refractivity contribution in [2.24, 2.45) is 5.92 Å². The minimum atomic E-state index is -0.850. The molecule has 6 nitrogen and oxygen atoms in total. The van der Waals surface area contributed by atoms with Gasteiger partial charge in [-0.05, 0) is 38.0 Å². The number of carbonyl (C=O) groups excluding carboxylic acids is 1. The van der Waals surface area contributed by atoms with Crippen molar-refractivity contribution in [1.29, 1.82) is 0 Å². The highest BCUT2D eigenvalue weighted by molar-refractivity contribution is 5.76. The third kappa shape index (κ3) is 3.07. The largest absolute Gasteiger partial charge is 0.465 e. The van der Waals surface area contributed by atoms with Crippen LogP contribution in [0.15, 0.2) is 0 Å². The Morgan fingerprint density at radius 1 is 1.32 bits per heavy atom. The van der Waals surface area contributed by atoms with Gasteiger partial charge in [-0.15, -0.1) is 0 Å². The molecule has 0 aromatic rings. The fourth-order valence-corrected chi connectivity index (χ4v) is 3.81. The van der Waals surface area contributed by atoms with Crippen LogP contribution in [0.2, 0.25) is 0 Å². The van der Waals surface area contributed by atoms with E-state index in [9.17, 15) is 9.59 Å². The lowest BCUT2D eigenvalue weighted by Crippen LogP contribution is -2.47. The van der Waals surface area contributed by atoms with Crippen LogP contribution >= 0.6 is 0 Å². The summed E-state index contributed by atoms with van der Waals surface area (Å²) in [5.41, 5.74) is -0.221. The van der Waals surface area contributed by atoms with Gasteiger partial charge in [0.25, 0.3) is 0 Å². The van der Waals surface area contributed by atoms with Crippen LogP contribution in [0.4, 0.5) is 4.79 Å². The van der Waals surface area contributed by atoms with Crippen LogP contribution in [0, 0.1) is 5.92 Å². The molecule has 1 aliphatic carbocycles. The highest BCUT2D eigenvalue weighted by atomic mass is 16.5. The number of nitrogens with zero attached hydrogens (tertiary/aromatic N) is 2. The van der Waals surface area contributed by atoms with Gasteiger partial charge in [0.1, 0.15) is 0 Å². The standard InChI is InChI=1S/C16H26N2O4/c1-17(14(19)9-12-3-2-4-12)13-10-16(22-11-13)5-7-18(8-6-16)15(20)21/h12-13H,2-11H2,1H3,(H,20,21)/t13-/m1/s1. The number of ether oxygens (including phenoxy) is 1. The van der Waals surface area contributed by atoms with Gasteiger partial charge in [0, 0.05) is 26.6 Å². The number of carbonyl (C=O) groups is 2. The summed E-state index contributed by atoms with van der Waals surface area (Å²) < 4.78 is 6.03. The quantitative estimate of drug-likeness (QED) is 0.865. The number of likely N-dealkylation sites (N-methyl/N-ethyl adjacent to an activating group) is 1. The highest BCUT2D eigenvalue weighted by Gasteiger charge is 2.45. The SMILES string of the molecule is CN(C(=O)CC1CCC1)[C@H]1COC2(CCN(C(=O)O)CC2)C1. The molecule has 0 aromatic carbocycles. The number of hydrogen-bond acceptors (Lipinski definition) is 3. The van der Waals surface area contributed by atoms with E-state index in [2.05, 4.69) is 0 Å².